The molecule has 2 aliphatic rings. The lowest BCUT2D eigenvalue weighted by atomic mass is 9.87. The number of amides is 3. The van der Waals surface area contributed by atoms with Gasteiger partial charge in [-0.25, -0.2) is 4.79 Å². The average molecular weight is 533 g/mol. The zero-order chi connectivity index (χ0) is 26.8. The van der Waals surface area contributed by atoms with Crippen molar-refractivity contribution in [3.63, 3.8) is 0 Å². The molecule has 0 aliphatic carbocycles. The first kappa shape index (κ1) is 27.9. The summed E-state index contributed by atoms with van der Waals surface area (Å²) in [5.74, 6) is -1.13. The van der Waals surface area contributed by atoms with E-state index in [1.54, 1.807) is 25.7 Å². The maximum atomic E-state index is 13.5. The van der Waals surface area contributed by atoms with Crippen molar-refractivity contribution in [1.82, 2.24) is 15.1 Å². The van der Waals surface area contributed by atoms with Crippen LogP contribution >= 0.6 is 11.6 Å². The van der Waals surface area contributed by atoms with Crippen LogP contribution in [0.15, 0.2) is 18.2 Å². The number of piperidine rings is 2. The zero-order valence-electron chi connectivity index (χ0n) is 20.7. The van der Waals surface area contributed by atoms with Crippen molar-refractivity contribution in [3.05, 3.63) is 28.8 Å². The fourth-order valence-electron chi connectivity index (χ4n) is 4.63. The van der Waals surface area contributed by atoms with E-state index in [1.807, 2.05) is 0 Å². The third-order valence-electron chi connectivity index (χ3n) is 6.26. The molecule has 0 aromatic heterocycles. The molecule has 2 aliphatic heterocycles. The van der Waals surface area contributed by atoms with Crippen LogP contribution in [0.5, 0.6) is 0 Å². The van der Waals surface area contributed by atoms with Crippen LogP contribution in [0.25, 0.3) is 0 Å². The second-order valence-corrected chi connectivity index (χ2v) is 10.5. The molecule has 3 amide bonds. The fourth-order valence-corrected chi connectivity index (χ4v) is 4.87. The Morgan fingerprint density at radius 3 is 2.42 bits per heavy atom. The topological polar surface area (TPSA) is 91.0 Å². The fraction of sp³-hybridized carbons (Fsp3) is 0.625. The predicted octanol–water partition coefficient (Wildman–Crippen LogP) is 4.13. The van der Waals surface area contributed by atoms with Crippen LogP contribution in [-0.4, -0.2) is 72.1 Å². The highest BCUT2D eigenvalue weighted by Gasteiger charge is 2.44. The Labute approximate surface area is 213 Å². The lowest BCUT2D eigenvalue weighted by Gasteiger charge is -2.46. The summed E-state index contributed by atoms with van der Waals surface area (Å²) in [6.45, 7) is 6.04. The second-order valence-electron chi connectivity index (χ2n) is 10.1. The minimum Gasteiger partial charge on any atom is -0.444 e. The molecule has 0 saturated carbocycles. The maximum Gasteiger partial charge on any atom is 0.416 e. The molecule has 2 saturated heterocycles. The smallest absolute Gasteiger partial charge is 0.416 e. The van der Waals surface area contributed by atoms with Crippen LogP contribution in [0.1, 0.15) is 45.6 Å². The predicted molar refractivity (Wildman–Crippen MR) is 129 cm³/mol. The molecule has 3 atom stereocenters. The zero-order valence-corrected chi connectivity index (χ0v) is 21.5. The molecule has 2 heterocycles. The first-order valence-corrected chi connectivity index (χ1v) is 12.2. The van der Waals surface area contributed by atoms with E-state index in [0.717, 1.165) is 12.1 Å². The van der Waals surface area contributed by atoms with Gasteiger partial charge in [0.1, 0.15) is 11.6 Å². The largest absolute Gasteiger partial charge is 0.444 e. The minimum atomic E-state index is -4.59. The summed E-state index contributed by atoms with van der Waals surface area (Å²) in [5, 5.41) is 5.42. The summed E-state index contributed by atoms with van der Waals surface area (Å²) in [7, 11) is 1.51. The number of nitrogens with zero attached hydrogens (tertiary/aromatic N) is 2. The molecule has 1 unspecified atom stereocenters. The molecule has 8 nitrogen and oxygen atoms in total. The number of ether oxygens (including phenoxy) is 1. The van der Waals surface area contributed by atoms with Crippen molar-refractivity contribution < 1.29 is 32.3 Å². The highest BCUT2D eigenvalue weighted by molar-refractivity contribution is 6.31. The number of carbonyl (C=O) groups excluding carboxylic acids is 3. The van der Waals surface area contributed by atoms with Crippen molar-refractivity contribution in [2.45, 2.75) is 63.9 Å². The Kier molecular flexibility index (Phi) is 8.32. The van der Waals surface area contributed by atoms with Crippen LogP contribution in [0.2, 0.25) is 5.02 Å². The maximum absolute atomic E-state index is 13.5. The third kappa shape index (κ3) is 6.74. The summed E-state index contributed by atoms with van der Waals surface area (Å²) in [6, 6.07) is 1.66. The number of anilines is 1. The minimum absolute atomic E-state index is 0.0805. The third-order valence-corrected chi connectivity index (χ3v) is 6.47. The summed E-state index contributed by atoms with van der Waals surface area (Å²) in [6.07, 6.45) is -3.80. The number of nitrogens with one attached hydrogen (secondary N) is 2. The summed E-state index contributed by atoms with van der Waals surface area (Å²) < 4.78 is 45.1. The van der Waals surface area contributed by atoms with Crippen molar-refractivity contribution in [3.8, 4) is 0 Å². The van der Waals surface area contributed by atoms with E-state index >= 15 is 0 Å². The Balaban J connectivity index is 1.82. The Hall–Kier alpha value is -2.69. The first-order valence-electron chi connectivity index (χ1n) is 11.8. The molecule has 0 radical (unpaired) electrons. The lowest BCUT2D eigenvalue weighted by Crippen LogP contribution is -2.62. The molecule has 12 heteroatoms. The SMILES string of the molecule is CNC(=O)[C@H]1CCN(C(=O)OC(C)(C)C)C[C@@H]1N1CCCC(Nc2cc(Cl)cc(C(F)(F)F)c2)C1=O. The van der Waals surface area contributed by atoms with E-state index in [1.165, 1.54) is 18.0 Å². The van der Waals surface area contributed by atoms with Gasteiger partial charge in [0.2, 0.25) is 11.8 Å². The highest BCUT2D eigenvalue weighted by Crippen LogP contribution is 2.34. The molecule has 36 heavy (non-hydrogen) atoms. The van der Waals surface area contributed by atoms with Crippen molar-refractivity contribution in [2.24, 2.45) is 5.92 Å². The first-order chi connectivity index (χ1) is 16.7. The molecule has 1 aromatic rings. The average Bonchev–Trinajstić information content (AvgIpc) is 2.77. The molecular weight excluding hydrogens is 501 g/mol. The van der Waals surface area contributed by atoms with Crippen LogP contribution in [0, 0.1) is 5.92 Å². The second kappa shape index (κ2) is 10.7. The van der Waals surface area contributed by atoms with Gasteiger partial charge in [-0.2, -0.15) is 13.2 Å². The van der Waals surface area contributed by atoms with Gasteiger partial charge < -0.3 is 25.2 Å². The monoisotopic (exact) mass is 532 g/mol. The summed E-state index contributed by atoms with van der Waals surface area (Å²) >= 11 is 5.89. The van der Waals surface area contributed by atoms with Crippen LogP contribution < -0.4 is 10.6 Å². The molecule has 3 rings (SSSR count). The van der Waals surface area contributed by atoms with Gasteiger partial charge >= 0.3 is 12.3 Å². The van der Waals surface area contributed by atoms with Crippen molar-refractivity contribution >= 4 is 35.2 Å². The number of hydrogen-bond donors (Lipinski definition) is 2. The number of halogens is 4. The van der Waals surface area contributed by atoms with Gasteiger partial charge in [0.25, 0.3) is 0 Å². The van der Waals surface area contributed by atoms with Crippen LogP contribution in [0.4, 0.5) is 23.7 Å². The molecular formula is C24H32ClF3N4O4. The van der Waals surface area contributed by atoms with Gasteiger partial charge in [0, 0.05) is 37.4 Å². The number of carbonyl (C=O) groups is 3. The van der Waals surface area contributed by atoms with Gasteiger partial charge in [-0.15, -0.1) is 0 Å². The molecule has 0 spiro atoms. The van der Waals surface area contributed by atoms with Gasteiger partial charge in [-0.1, -0.05) is 11.6 Å². The molecule has 0 bridgehead atoms. The Morgan fingerprint density at radius 2 is 1.81 bits per heavy atom. The van der Waals surface area contributed by atoms with E-state index in [4.69, 9.17) is 16.3 Å². The van der Waals surface area contributed by atoms with Gasteiger partial charge in [-0.3, -0.25) is 9.59 Å². The van der Waals surface area contributed by atoms with E-state index in [2.05, 4.69) is 10.6 Å². The van der Waals surface area contributed by atoms with E-state index in [0.29, 0.717) is 32.4 Å². The van der Waals surface area contributed by atoms with Crippen molar-refractivity contribution in [1.29, 1.82) is 0 Å². The number of rotatable bonds is 4. The van der Waals surface area contributed by atoms with Gasteiger partial charge in [0.15, 0.2) is 0 Å². The lowest BCUT2D eigenvalue weighted by molar-refractivity contribution is -0.143. The van der Waals surface area contributed by atoms with Gasteiger partial charge in [0.05, 0.1) is 17.5 Å². The molecule has 2 N–H and O–H groups in total. The summed E-state index contributed by atoms with van der Waals surface area (Å²) in [5.41, 5.74) is -1.54. The number of likely N-dealkylation sites (tertiary alicyclic amines) is 2. The van der Waals surface area contributed by atoms with Crippen LogP contribution in [0.3, 0.4) is 0 Å². The van der Waals surface area contributed by atoms with Crippen LogP contribution in [-0.2, 0) is 20.5 Å². The highest BCUT2D eigenvalue weighted by atomic mass is 35.5. The normalized spacial score (nSPS) is 23.3. The standard InChI is InChI=1S/C24H32ClF3N4O4/c1-23(2,3)36-22(35)31-9-7-17(20(33)29-4)19(13-31)32-8-5-6-18(21(32)34)30-16-11-14(24(26,27)28)10-15(25)12-16/h10-12,17-19,30H,5-9,13H2,1-4H3,(H,29,33)/t17-,18?,19-/m0/s1. The number of benzene rings is 1. The Bertz CT molecular complexity index is 999. The van der Waals surface area contributed by atoms with Crippen molar-refractivity contribution in [2.75, 3.05) is 32.0 Å². The molecule has 200 valence electrons. The molecule has 1 aromatic carbocycles. The number of hydrogen-bond acceptors (Lipinski definition) is 5. The van der Waals surface area contributed by atoms with E-state index < -0.39 is 41.4 Å². The summed E-state index contributed by atoms with van der Waals surface area (Å²) in [4.78, 5) is 41.9. The van der Waals surface area contributed by atoms with Gasteiger partial charge in [-0.05, 0) is 58.2 Å². The number of alkyl halides is 3. The Morgan fingerprint density at radius 1 is 1.11 bits per heavy atom. The van der Waals surface area contributed by atoms with E-state index in [-0.39, 0.29) is 29.1 Å². The quantitative estimate of drug-likeness (QED) is 0.608. The molecule has 2 fully saturated rings. The van der Waals surface area contributed by atoms with E-state index in [9.17, 15) is 27.6 Å².